The number of nitrogens with one attached hydrogen (secondary N) is 1. The molecule has 1 aliphatic rings. The fourth-order valence-corrected chi connectivity index (χ4v) is 2.33. The van der Waals surface area contributed by atoms with Gasteiger partial charge in [-0.2, -0.15) is 0 Å². The Balaban J connectivity index is 2.05. The van der Waals surface area contributed by atoms with Crippen LogP contribution in [0.2, 0.25) is 0 Å². The first-order valence-electron chi connectivity index (χ1n) is 6.34. The van der Waals surface area contributed by atoms with Crippen molar-refractivity contribution in [2.75, 3.05) is 20.1 Å². The molecular weight excluding hydrogens is 231 g/mol. The average molecular weight is 250 g/mol. The zero-order valence-corrected chi connectivity index (χ0v) is 10.9. The molecule has 1 fully saturated rings. The third kappa shape index (κ3) is 2.70. The Morgan fingerprint density at radius 2 is 2.06 bits per heavy atom. The zero-order valence-electron chi connectivity index (χ0n) is 10.9. The highest BCUT2D eigenvalue weighted by Gasteiger charge is 2.22. The third-order valence-corrected chi connectivity index (χ3v) is 3.60. The smallest absolute Gasteiger partial charge is 0.253 e. The van der Waals surface area contributed by atoms with Gasteiger partial charge in [0, 0.05) is 24.7 Å². The molecule has 18 heavy (non-hydrogen) atoms. The lowest BCUT2D eigenvalue weighted by Gasteiger charge is -2.31. The van der Waals surface area contributed by atoms with Gasteiger partial charge >= 0.3 is 0 Å². The average Bonchev–Trinajstić information content (AvgIpc) is 2.41. The molecule has 1 aromatic rings. The lowest BCUT2D eigenvalue weighted by Crippen LogP contribution is -2.43. The second kappa shape index (κ2) is 5.48. The maximum absolute atomic E-state index is 13.2. The number of aryl methyl sites for hydroxylation is 1. The van der Waals surface area contributed by atoms with Gasteiger partial charge in [0.25, 0.3) is 5.91 Å². The summed E-state index contributed by atoms with van der Waals surface area (Å²) in [6.07, 6.45) is 1.95. The number of carbonyl (C=O) groups is 1. The van der Waals surface area contributed by atoms with Gasteiger partial charge in [0.1, 0.15) is 5.82 Å². The predicted molar refractivity (Wildman–Crippen MR) is 69.1 cm³/mol. The van der Waals surface area contributed by atoms with E-state index in [1.807, 2.05) is 11.9 Å². The molecule has 0 spiro atoms. The van der Waals surface area contributed by atoms with Crippen LogP contribution < -0.4 is 5.32 Å². The highest BCUT2D eigenvalue weighted by Crippen LogP contribution is 2.16. The Bertz CT molecular complexity index is 439. The SMILES string of the molecule is CNC1CCN(C(=O)c2ccc(F)c(C)c2)CC1. The normalized spacial score (nSPS) is 16.9. The number of amides is 1. The summed E-state index contributed by atoms with van der Waals surface area (Å²) in [6.45, 7) is 3.21. The molecular formula is C14H19FN2O. The van der Waals surface area contributed by atoms with Crippen molar-refractivity contribution in [3.63, 3.8) is 0 Å². The van der Waals surface area contributed by atoms with Crippen molar-refractivity contribution < 1.29 is 9.18 Å². The number of hydrogen-bond donors (Lipinski definition) is 1. The zero-order chi connectivity index (χ0) is 13.1. The molecule has 4 heteroatoms. The Morgan fingerprint density at radius 1 is 1.39 bits per heavy atom. The van der Waals surface area contributed by atoms with E-state index in [4.69, 9.17) is 0 Å². The Labute approximate surface area is 107 Å². The third-order valence-electron chi connectivity index (χ3n) is 3.60. The van der Waals surface area contributed by atoms with Crippen molar-refractivity contribution in [2.24, 2.45) is 0 Å². The van der Waals surface area contributed by atoms with Gasteiger partial charge in [-0.3, -0.25) is 4.79 Å². The molecule has 3 nitrogen and oxygen atoms in total. The number of benzene rings is 1. The minimum Gasteiger partial charge on any atom is -0.339 e. The Kier molecular flexibility index (Phi) is 3.97. The lowest BCUT2D eigenvalue weighted by molar-refractivity contribution is 0.0707. The van der Waals surface area contributed by atoms with Crippen LogP contribution in [-0.4, -0.2) is 37.0 Å². The molecule has 98 valence electrons. The maximum Gasteiger partial charge on any atom is 0.253 e. The minimum absolute atomic E-state index is 0.00709. The van der Waals surface area contributed by atoms with Gasteiger partial charge in [0.15, 0.2) is 0 Å². The summed E-state index contributed by atoms with van der Waals surface area (Å²) in [5, 5.41) is 3.23. The van der Waals surface area contributed by atoms with Crippen LogP contribution >= 0.6 is 0 Å². The van der Waals surface area contributed by atoms with Crippen molar-refractivity contribution in [1.29, 1.82) is 0 Å². The Hall–Kier alpha value is -1.42. The number of likely N-dealkylation sites (tertiary alicyclic amines) is 1. The summed E-state index contributed by atoms with van der Waals surface area (Å²) in [4.78, 5) is 14.1. The van der Waals surface area contributed by atoms with Crippen LogP contribution in [0.1, 0.15) is 28.8 Å². The van der Waals surface area contributed by atoms with E-state index in [1.165, 1.54) is 6.07 Å². The lowest BCUT2D eigenvalue weighted by atomic mass is 10.0. The van der Waals surface area contributed by atoms with Gasteiger partial charge in [0.05, 0.1) is 0 Å². The summed E-state index contributed by atoms with van der Waals surface area (Å²) in [7, 11) is 1.95. The number of hydrogen-bond acceptors (Lipinski definition) is 2. The number of piperidine rings is 1. The minimum atomic E-state index is -0.263. The molecule has 0 radical (unpaired) electrons. The molecule has 1 amide bonds. The van der Waals surface area contributed by atoms with Gasteiger partial charge in [-0.05, 0) is 50.6 Å². The summed E-state index contributed by atoms with van der Waals surface area (Å²) in [5.74, 6) is -0.256. The molecule has 0 saturated carbocycles. The summed E-state index contributed by atoms with van der Waals surface area (Å²) in [6, 6.07) is 5.06. The van der Waals surface area contributed by atoms with Crippen LogP contribution in [0.4, 0.5) is 4.39 Å². The van der Waals surface area contributed by atoms with Gasteiger partial charge in [0.2, 0.25) is 0 Å². The second-order valence-corrected chi connectivity index (χ2v) is 4.82. The topological polar surface area (TPSA) is 32.3 Å². The molecule has 0 atom stereocenters. The largest absolute Gasteiger partial charge is 0.339 e. The van der Waals surface area contributed by atoms with Crippen molar-refractivity contribution in [3.8, 4) is 0 Å². The standard InChI is InChI=1S/C14H19FN2O/c1-10-9-11(3-4-13(10)15)14(18)17-7-5-12(16-2)6-8-17/h3-4,9,12,16H,5-8H2,1-2H3. The Morgan fingerprint density at radius 3 is 2.61 bits per heavy atom. The first-order chi connectivity index (χ1) is 8.61. The number of halogens is 1. The van der Waals surface area contributed by atoms with Crippen LogP contribution in [0.5, 0.6) is 0 Å². The van der Waals surface area contributed by atoms with Crippen LogP contribution in [0, 0.1) is 12.7 Å². The van der Waals surface area contributed by atoms with Crippen molar-refractivity contribution in [3.05, 3.63) is 35.1 Å². The number of nitrogens with zero attached hydrogens (tertiary/aromatic N) is 1. The van der Waals surface area contributed by atoms with Gasteiger partial charge < -0.3 is 10.2 Å². The van der Waals surface area contributed by atoms with E-state index in [1.54, 1.807) is 19.1 Å². The molecule has 0 unspecified atom stereocenters. The van der Waals surface area contributed by atoms with Crippen molar-refractivity contribution in [1.82, 2.24) is 10.2 Å². The quantitative estimate of drug-likeness (QED) is 0.870. The predicted octanol–water partition coefficient (Wildman–Crippen LogP) is 1.96. The fraction of sp³-hybridized carbons (Fsp3) is 0.500. The van der Waals surface area contributed by atoms with Crippen LogP contribution in [0.15, 0.2) is 18.2 Å². The fourth-order valence-electron chi connectivity index (χ4n) is 2.33. The first kappa shape index (κ1) is 13.0. The van der Waals surface area contributed by atoms with Crippen LogP contribution in [0.3, 0.4) is 0 Å². The van der Waals surface area contributed by atoms with E-state index >= 15 is 0 Å². The molecule has 0 aliphatic carbocycles. The van der Waals surface area contributed by atoms with Gasteiger partial charge in [-0.1, -0.05) is 0 Å². The second-order valence-electron chi connectivity index (χ2n) is 4.82. The van der Waals surface area contributed by atoms with Crippen LogP contribution in [0.25, 0.3) is 0 Å². The molecule has 2 rings (SSSR count). The highest BCUT2D eigenvalue weighted by molar-refractivity contribution is 5.94. The van der Waals surface area contributed by atoms with Gasteiger partial charge in [-0.25, -0.2) is 4.39 Å². The van der Waals surface area contributed by atoms with E-state index in [-0.39, 0.29) is 11.7 Å². The summed E-state index contributed by atoms with van der Waals surface area (Å²) < 4.78 is 13.2. The number of rotatable bonds is 2. The maximum atomic E-state index is 13.2. The van der Waals surface area contributed by atoms with E-state index in [2.05, 4.69) is 5.32 Å². The first-order valence-corrected chi connectivity index (χ1v) is 6.34. The molecule has 1 heterocycles. The molecule has 0 aromatic heterocycles. The molecule has 0 bridgehead atoms. The van der Waals surface area contributed by atoms with E-state index in [0.29, 0.717) is 17.2 Å². The number of carbonyl (C=O) groups excluding carboxylic acids is 1. The summed E-state index contributed by atoms with van der Waals surface area (Å²) in [5.41, 5.74) is 1.10. The van der Waals surface area contributed by atoms with Crippen molar-refractivity contribution >= 4 is 5.91 Å². The summed E-state index contributed by atoms with van der Waals surface area (Å²) >= 11 is 0. The highest BCUT2D eigenvalue weighted by atomic mass is 19.1. The monoisotopic (exact) mass is 250 g/mol. The van der Waals surface area contributed by atoms with E-state index in [9.17, 15) is 9.18 Å². The molecule has 1 aromatic carbocycles. The van der Waals surface area contributed by atoms with Gasteiger partial charge in [-0.15, -0.1) is 0 Å². The van der Waals surface area contributed by atoms with Crippen LogP contribution in [-0.2, 0) is 0 Å². The molecule has 1 N–H and O–H groups in total. The van der Waals surface area contributed by atoms with E-state index < -0.39 is 0 Å². The van der Waals surface area contributed by atoms with Crippen molar-refractivity contribution in [2.45, 2.75) is 25.8 Å². The molecule has 1 aliphatic heterocycles. The van der Waals surface area contributed by atoms with E-state index in [0.717, 1.165) is 25.9 Å². The molecule has 1 saturated heterocycles.